The Morgan fingerprint density at radius 3 is 2.29 bits per heavy atom. The first-order chi connectivity index (χ1) is 7.52. The molecule has 5 heteroatoms. The average molecular weight is 348 g/mol. The lowest BCUT2D eigenvalue weighted by Crippen LogP contribution is -2.35. The van der Waals surface area contributed by atoms with Crippen LogP contribution in [-0.4, -0.2) is 48.9 Å². The molecule has 0 unspecified atom stereocenters. The van der Waals surface area contributed by atoms with Crippen LogP contribution in [-0.2, 0) is 6.54 Å². The van der Waals surface area contributed by atoms with Crippen molar-refractivity contribution in [3.8, 4) is 0 Å². The van der Waals surface area contributed by atoms with Gasteiger partial charge in [0.2, 0.25) is 0 Å². The summed E-state index contributed by atoms with van der Waals surface area (Å²) >= 11 is 0. The molecule has 1 aromatic rings. The molecule has 0 aliphatic rings. The first-order valence-electron chi connectivity index (χ1n) is 5.32. The van der Waals surface area contributed by atoms with Gasteiger partial charge in [0.15, 0.2) is 5.96 Å². The number of hydrogen-bond donors (Lipinski definition) is 0. The molecule has 0 bridgehead atoms. The highest BCUT2D eigenvalue weighted by Crippen LogP contribution is 2.05. The summed E-state index contributed by atoms with van der Waals surface area (Å²) in [6.45, 7) is 2.68. The predicted molar refractivity (Wildman–Crippen MR) is 82.9 cm³/mol. The Bertz CT molecular complexity index is 365. The Kier molecular flexibility index (Phi) is 7.10. The van der Waals surface area contributed by atoms with E-state index in [0.717, 1.165) is 11.7 Å². The quantitative estimate of drug-likeness (QED) is 0.465. The highest BCUT2D eigenvalue weighted by atomic mass is 127. The van der Waals surface area contributed by atoms with Crippen molar-refractivity contribution >= 4 is 29.9 Å². The van der Waals surface area contributed by atoms with Crippen LogP contribution in [0.1, 0.15) is 11.3 Å². The van der Waals surface area contributed by atoms with Crippen molar-refractivity contribution in [2.24, 2.45) is 4.99 Å². The molecular formula is C12H21IN4. The lowest BCUT2D eigenvalue weighted by molar-refractivity contribution is 0.479. The summed E-state index contributed by atoms with van der Waals surface area (Å²) in [5, 5.41) is 0. The van der Waals surface area contributed by atoms with E-state index in [4.69, 9.17) is 0 Å². The summed E-state index contributed by atoms with van der Waals surface area (Å²) in [4.78, 5) is 12.9. The maximum Gasteiger partial charge on any atom is 0.195 e. The maximum atomic E-state index is 4.56. The second kappa shape index (κ2) is 7.47. The molecule has 0 spiro atoms. The number of halogens is 1. The Morgan fingerprint density at radius 1 is 1.24 bits per heavy atom. The van der Waals surface area contributed by atoms with Gasteiger partial charge < -0.3 is 9.80 Å². The first kappa shape index (κ1) is 16.1. The largest absolute Gasteiger partial charge is 0.349 e. The molecule has 96 valence electrons. The van der Waals surface area contributed by atoms with Crippen molar-refractivity contribution in [3.05, 3.63) is 29.6 Å². The summed E-state index contributed by atoms with van der Waals surface area (Å²) in [6.07, 6.45) is 1.81. The summed E-state index contributed by atoms with van der Waals surface area (Å²) in [6, 6.07) is 4.00. The number of hydrogen-bond acceptors (Lipinski definition) is 2. The Morgan fingerprint density at radius 2 is 1.82 bits per heavy atom. The van der Waals surface area contributed by atoms with E-state index in [9.17, 15) is 0 Å². The SMILES string of the molecule is Cc1cccnc1CN=C(N(C)C)N(C)C.I. The third-order valence-corrected chi connectivity index (χ3v) is 2.29. The van der Waals surface area contributed by atoms with Gasteiger partial charge in [-0.2, -0.15) is 0 Å². The number of aliphatic imine (C=N–C) groups is 1. The first-order valence-corrected chi connectivity index (χ1v) is 5.32. The monoisotopic (exact) mass is 348 g/mol. The van der Waals surface area contributed by atoms with Crippen LogP contribution in [0.2, 0.25) is 0 Å². The van der Waals surface area contributed by atoms with Gasteiger partial charge in [0, 0.05) is 34.4 Å². The molecule has 1 rings (SSSR count). The third-order valence-electron chi connectivity index (χ3n) is 2.29. The summed E-state index contributed by atoms with van der Waals surface area (Å²) < 4.78 is 0. The molecule has 0 aromatic carbocycles. The van der Waals surface area contributed by atoms with Crippen LogP contribution >= 0.6 is 24.0 Å². The van der Waals surface area contributed by atoms with E-state index in [1.54, 1.807) is 0 Å². The third kappa shape index (κ3) is 4.89. The maximum absolute atomic E-state index is 4.56. The van der Waals surface area contributed by atoms with Crippen molar-refractivity contribution in [3.63, 3.8) is 0 Å². The van der Waals surface area contributed by atoms with E-state index in [-0.39, 0.29) is 24.0 Å². The van der Waals surface area contributed by atoms with Crippen LogP contribution in [0.3, 0.4) is 0 Å². The Balaban J connectivity index is 0.00000256. The zero-order chi connectivity index (χ0) is 12.1. The number of guanidine groups is 1. The van der Waals surface area contributed by atoms with Crippen LogP contribution in [0, 0.1) is 6.92 Å². The summed E-state index contributed by atoms with van der Waals surface area (Å²) in [5.74, 6) is 0.949. The fourth-order valence-corrected chi connectivity index (χ4v) is 1.51. The van der Waals surface area contributed by atoms with Crippen LogP contribution in [0.25, 0.3) is 0 Å². The predicted octanol–water partition coefficient (Wildman–Crippen LogP) is 1.99. The molecule has 0 N–H and O–H groups in total. The van der Waals surface area contributed by atoms with Crippen molar-refractivity contribution < 1.29 is 0 Å². The standard InChI is InChI=1S/C12H20N4.HI/c1-10-7-6-8-13-11(10)9-14-12(15(2)3)16(4)5;/h6-8H,9H2,1-5H3;1H. The minimum Gasteiger partial charge on any atom is -0.349 e. The summed E-state index contributed by atoms with van der Waals surface area (Å²) in [5.41, 5.74) is 2.21. The summed E-state index contributed by atoms with van der Waals surface area (Å²) in [7, 11) is 7.96. The lowest BCUT2D eigenvalue weighted by atomic mass is 10.2. The molecule has 0 atom stereocenters. The van der Waals surface area contributed by atoms with Gasteiger partial charge in [-0.3, -0.25) is 4.98 Å². The van der Waals surface area contributed by atoms with E-state index in [0.29, 0.717) is 6.54 Å². The van der Waals surface area contributed by atoms with Crippen LogP contribution in [0.5, 0.6) is 0 Å². The average Bonchev–Trinajstić information content (AvgIpc) is 2.20. The van der Waals surface area contributed by atoms with Crippen molar-refractivity contribution in [1.29, 1.82) is 0 Å². The molecule has 1 heterocycles. The highest BCUT2D eigenvalue weighted by Gasteiger charge is 2.04. The molecule has 0 aliphatic heterocycles. The minimum atomic E-state index is 0. The van der Waals surface area contributed by atoms with Gasteiger partial charge in [-0.15, -0.1) is 24.0 Å². The molecule has 4 nitrogen and oxygen atoms in total. The Labute approximate surface area is 121 Å². The van der Waals surface area contributed by atoms with Gasteiger partial charge in [0.05, 0.1) is 12.2 Å². The number of rotatable bonds is 2. The van der Waals surface area contributed by atoms with Crippen molar-refractivity contribution in [2.45, 2.75) is 13.5 Å². The van der Waals surface area contributed by atoms with Crippen molar-refractivity contribution in [1.82, 2.24) is 14.8 Å². The molecular weight excluding hydrogens is 327 g/mol. The molecule has 0 saturated carbocycles. The van der Waals surface area contributed by atoms with E-state index < -0.39 is 0 Å². The van der Waals surface area contributed by atoms with Gasteiger partial charge in [0.25, 0.3) is 0 Å². The molecule has 17 heavy (non-hydrogen) atoms. The molecule has 1 aromatic heterocycles. The van der Waals surface area contributed by atoms with Gasteiger partial charge in [0.1, 0.15) is 0 Å². The number of aryl methyl sites for hydroxylation is 1. The van der Waals surface area contributed by atoms with Crippen LogP contribution < -0.4 is 0 Å². The minimum absolute atomic E-state index is 0. The number of pyridine rings is 1. The van der Waals surface area contributed by atoms with Crippen LogP contribution in [0.4, 0.5) is 0 Å². The van der Waals surface area contributed by atoms with E-state index in [1.807, 2.05) is 50.3 Å². The van der Waals surface area contributed by atoms with E-state index >= 15 is 0 Å². The lowest BCUT2D eigenvalue weighted by Gasteiger charge is -2.22. The van der Waals surface area contributed by atoms with Crippen molar-refractivity contribution in [2.75, 3.05) is 28.2 Å². The smallest absolute Gasteiger partial charge is 0.195 e. The normalized spacial score (nSPS) is 9.24. The van der Waals surface area contributed by atoms with Gasteiger partial charge >= 0.3 is 0 Å². The van der Waals surface area contributed by atoms with Crippen LogP contribution in [0.15, 0.2) is 23.3 Å². The van der Waals surface area contributed by atoms with E-state index in [1.165, 1.54) is 5.56 Å². The highest BCUT2D eigenvalue weighted by molar-refractivity contribution is 14.0. The van der Waals surface area contributed by atoms with Gasteiger partial charge in [-0.1, -0.05) is 6.07 Å². The zero-order valence-corrected chi connectivity index (χ0v) is 13.5. The fraction of sp³-hybridized carbons (Fsp3) is 0.500. The second-order valence-corrected chi connectivity index (χ2v) is 4.17. The number of aromatic nitrogens is 1. The molecule has 0 saturated heterocycles. The second-order valence-electron chi connectivity index (χ2n) is 4.17. The van der Waals surface area contributed by atoms with E-state index in [2.05, 4.69) is 23.0 Å². The molecule has 0 amide bonds. The fourth-order valence-electron chi connectivity index (χ4n) is 1.51. The topological polar surface area (TPSA) is 31.7 Å². The number of nitrogens with zero attached hydrogens (tertiary/aromatic N) is 4. The molecule has 0 fully saturated rings. The van der Waals surface area contributed by atoms with Gasteiger partial charge in [-0.25, -0.2) is 4.99 Å². The Hall–Kier alpha value is -0.850. The van der Waals surface area contributed by atoms with Gasteiger partial charge in [-0.05, 0) is 18.6 Å². The molecule has 0 aliphatic carbocycles. The zero-order valence-electron chi connectivity index (χ0n) is 11.1. The molecule has 0 radical (unpaired) electrons.